The molecule has 0 atom stereocenters. The molecule has 6 heteroatoms. The highest BCUT2D eigenvalue weighted by Crippen LogP contribution is 2.35. The van der Waals surface area contributed by atoms with Gasteiger partial charge in [-0.15, -0.1) is 0 Å². The van der Waals surface area contributed by atoms with Crippen molar-refractivity contribution < 1.29 is 9.72 Å². The Morgan fingerprint density at radius 2 is 2.21 bits per heavy atom. The van der Waals surface area contributed by atoms with Crippen LogP contribution >= 0.6 is 15.9 Å². The molecule has 1 aliphatic rings. The maximum atomic E-state index is 11.0. The number of nitrogens with zero attached hydrogens (tertiary/aromatic N) is 1. The zero-order valence-corrected chi connectivity index (χ0v) is 8.50. The first-order valence-corrected chi connectivity index (χ1v) is 4.64. The Hall–Kier alpha value is -1.43. The summed E-state index contributed by atoms with van der Waals surface area (Å²) in [4.78, 5) is 21.2. The van der Waals surface area contributed by atoms with Crippen molar-refractivity contribution in [1.82, 2.24) is 0 Å². The number of carbonyl (C=O) groups is 1. The van der Waals surface area contributed by atoms with Crippen molar-refractivity contribution in [2.45, 2.75) is 6.42 Å². The monoisotopic (exact) mass is 256 g/mol. The first-order valence-electron chi connectivity index (χ1n) is 3.84. The highest BCUT2D eigenvalue weighted by atomic mass is 79.9. The van der Waals surface area contributed by atoms with Crippen LogP contribution in [0, 0.1) is 10.1 Å². The number of amides is 1. The second-order valence-corrected chi connectivity index (χ2v) is 3.86. The molecule has 1 aromatic carbocycles. The number of nitro groups is 1. The Morgan fingerprint density at radius 3 is 2.86 bits per heavy atom. The third-order valence-electron chi connectivity index (χ3n) is 1.98. The van der Waals surface area contributed by atoms with Crippen LogP contribution in [0.3, 0.4) is 0 Å². The lowest BCUT2D eigenvalue weighted by Gasteiger charge is -2.00. The number of nitro benzene ring substituents is 1. The number of hydrogen-bond donors (Lipinski definition) is 1. The molecule has 0 radical (unpaired) electrons. The lowest BCUT2D eigenvalue weighted by Crippen LogP contribution is -2.04. The van der Waals surface area contributed by atoms with Crippen molar-refractivity contribution in [3.8, 4) is 0 Å². The van der Waals surface area contributed by atoms with Crippen LogP contribution in [-0.4, -0.2) is 10.8 Å². The Balaban J connectivity index is 2.63. The molecule has 0 aliphatic carbocycles. The fourth-order valence-corrected chi connectivity index (χ4v) is 1.93. The van der Waals surface area contributed by atoms with E-state index in [0.29, 0.717) is 15.7 Å². The third kappa shape index (κ3) is 1.37. The number of hydrogen-bond acceptors (Lipinski definition) is 3. The van der Waals surface area contributed by atoms with Crippen molar-refractivity contribution >= 4 is 33.2 Å². The number of anilines is 1. The summed E-state index contributed by atoms with van der Waals surface area (Å²) in [6.45, 7) is 0. The smallest absolute Gasteiger partial charge is 0.294 e. The van der Waals surface area contributed by atoms with Crippen molar-refractivity contribution in [2.75, 3.05) is 5.32 Å². The van der Waals surface area contributed by atoms with E-state index in [9.17, 15) is 14.9 Å². The predicted molar refractivity (Wildman–Crippen MR) is 53.1 cm³/mol. The van der Waals surface area contributed by atoms with Gasteiger partial charge in [0.15, 0.2) is 0 Å². The number of benzene rings is 1. The van der Waals surface area contributed by atoms with E-state index >= 15 is 0 Å². The van der Waals surface area contributed by atoms with E-state index in [1.54, 1.807) is 6.07 Å². The zero-order valence-electron chi connectivity index (χ0n) is 6.91. The second kappa shape index (κ2) is 3.06. The minimum absolute atomic E-state index is 0.0692. The molecular formula is C8H5BrN2O3. The van der Waals surface area contributed by atoms with Crippen LogP contribution in [0.2, 0.25) is 0 Å². The van der Waals surface area contributed by atoms with E-state index in [2.05, 4.69) is 21.2 Å². The van der Waals surface area contributed by atoms with Crippen molar-refractivity contribution in [3.63, 3.8) is 0 Å². The lowest BCUT2D eigenvalue weighted by molar-refractivity contribution is -0.384. The second-order valence-electron chi connectivity index (χ2n) is 2.94. The molecular weight excluding hydrogens is 252 g/mol. The predicted octanol–water partition coefficient (Wildman–Crippen LogP) is 1.85. The summed E-state index contributed by atoms with van der Waals surface area (Å²) in [6, 6.07) is 3.09. The summed E-state index contributed by atoms with van der Waals surface area (Å²) in [6.07, 6.45) is 0.204. The van der Waals surface area contributed by atoms with Crippen LogP contribution in [-0.2, 0) is 11.2 Å². The standard InChI is InChI=1S/C8H5BrN2O3/c9-5-1-4-2-7(12)10-8(4)6(3-5)11(13)14/h1,3H,2H2,(H,10,12). The van der Waals surface area contributed by atoms with Crippen LogP contribution in [0.5, 0.6) is 0 Å². The molecule has 0 fully saturated rings. The van der Waals surface area contributed by atoms with Crippen LogP contribution in [0.15, 0.2) is 16.6 Å². The van der Waals surface area contributed by atoms with Gasteiger partial charge in [-0.2, -0.15) is 0 Å². The molecule has 72 valence electrons. The maximum Gasteiger partial charge on any atom is 0.294 e. The summed E-state index contributed by atoms with van der Waals surface area (Å²) in [5, 5.41) is 13.1. The van der Waals surface area contributed by atoms with Gasteiger partial charge in [-0.3, -0.25) is 14.9 Å². The van der Waals surface area contributed by atoms with Crippen molar-refractivity contribution in [2.24, 2.45) is 0 Å². The molecule has 0 spiro atoms. The van der Waals surface area contributed by atoms with Gasteiger partial charge in [0, 0.05) is 10.5 Å². The number of nitrogens with one attached hydrogen (secondary N) is 1. The third-order valence-corrected chi connectivity index (χ3v) is 2.43. The Bertz CT molecular complexity index is 444. The van der Waals surface area contributed by atoms with Gasteiger partial charge in [-0.25, -0.2) is 0 Å². The molecule has 0 saturated carbocycles. The normalized spacial score (nSPS) is 13.6. The van der Waals surface area contributed by atoms with Crippen LogP contribution in [0.4, 0.5) is 11.4 Å². The summed E-state index contributed by atoms with van der Waals surface area (Å²) in [5.74, 6) is -0.207. The van der Waals surface area contributed by atoms with E-state index in [-0.39, 0.29) is 18.0 Å². The van der Waals surface area contributed by atoms with E-state index in [1.165, 1.54) is 6.07 Å². The van der Waals surface area contributed by atoms with Gasteiger partial charge >= 0.3 is 0 Å². The largest absolute Gasteiger partial charge is 0.320 e. The lowest BCUT2D eigenvalue weighted by atomic mass is 10.1. The molecule has 1 aromatic rings. The average Bonchev–Trinajstić information content (AvgIpc) is 2.42. The van der Waals surface area contributed by atoms with E-state index in [0.717, 1.165) is 0 Å². The number of carbonyl (C=O) groups excluding carboxylic acids is 1. The van der Waals surface area contributed by atoms with Gasteiger partial charge < -0.3 is 5.32 Å². The van der Waals surface area contributed by atoms with E-state index in [1.807, 2.05) is 0 Å². The summed E-state index contributed by atoms with van der Waals surface area (Å²) >= 11 is 3.16. The Kier molecular flexibility index (Phi) is 1.99. The van der Waals surface area contributed by atoms with Crippen LogP contribution in [0.25, 0.3) is 0 Å². The molecule has 1 heterocycles. The number of halogens is 1. The zero-order chi connectivity index (χ0) is 10.3. The highest BCUT2D eigenvalue weighted by molar-refractivity contribution is 9.10. The minimum Gasteiger partial charge on any atom is -0.320 e. The Labute approximate surface area is 87.4 Å². The Morgan fingerprint density at radius 1 is 1.50 bits per heavy atom. The van der Waals surface area contributed by atoms with Gasteiger partial charge in [-0.05, 0) is 11.6 Å². The van der Waals surface area contributed by atoms with Gasteiger partial charge in [0.25, 0.3) is 5.69 Å². The quantitative estimate of drug-likeness (QED) is 0.616. The summed E-state index contributed by atoms with van der Waals surface area (Å²) < 4.78 is 0.611. The first-order chi connectivity index (χ1) is 6.58. The molecule has 0 bridgehead atoms. The highest BCUT2D eigenvalue weighted by Gasteiger charge is 2.26. The fraction of sp³-hybridized carbons (Fsp3) is 0.125. The van der Waals surface area contributed by atoms with Gasteiger partial charge in [0.1, 0.15) is 5.69 Å². The van der Waals surface area contributed by atoms with Crippen molar-refractivity contribution in [3.05, 3.63) is 32.3 Å². The molecule has 0 saturated heterocycles. The summed E-state index contributed by atoms with van der Waals surface area (Å²) in [5.41, 5.74) is 0.916. The van der Waals surface area contributed by atoms with Gasteiger partial charge in [0.2, 0.25) is 5.91 Å². The SMILES string of the molecule is O=C1Cc2cc(Br)cc([N+](=O)[O-])c2N1. The fourth-order valence-electron chi connectivity index (χ4n) is 1.43. The van der Waals surface area contributed by atoms with Crippen LogP contribution in [0.1, 0.15) is 5.56 Å². The molecule has 1 amide bonds. The molecule has 1 aliphatic heterocycles. The molecule has 14 heavy (non-hydrogen) atoms. The molecule has 1 N–H and O–H groups in total. The molecule has 0 aromatic heterocycles. The number of fused-ring (bicyclic) bond motifs is 1. The minimum atomic E-state index is -0.505. The van der Waals surface area contributed by atoms with E-state index < -0.39 is 4.92 Å². The topological polar surface area (TPSA) is 72.2 Å². The van der Waals surface area contributed by atoms with Crippen LogP contribution < -0.4 is 5.32 Å². The molecule has 5 nitrogen and oxygen atoms in total. The molecule has 2 rings (SSSR count). The molecule has 0 unspecified atom stereocenters. The maximum absolute atomic E-state index is 11.0. The van der Waals surface area contributed by atoms with Gasteiger partial charge in [0.05, 0.1) is 11.3 Å². The average molecular weight is 257 g/mol. The van der Waals surface area contributed by atoms with E-state index in [4.69, 9.17) is 0 Å². The summed E-state index contributed by atoms with van der Waals surface area (Å²) in [7, 11) is 0. The first kappa shape index (κ1) is 9.14. The van der Waals surface area contributed by atoms with Gasteiger partial charge in [-0.1, -0.05) is 15.9 Å². The van der Waals surface area contributed by atoms with Crippen molar-refractivity contribution in [1.29, 1.82) is 0 Å². The number of rotatable bonds is 1.